The minimum Gasteiger partial charge on any atom is -0.497 e. The van der Waals surface area contributed by atoms with Gasteiger partial charge in [-0.15, -0.1) is 0 Å². The fourth-order valence-electron chi connectivity index (χ4n) is 4.40. The summed E-state index contributed by atoms with van der Waals surface area (Å²) in [6, 6.07) is 25.1. The SMILES string of the molecule is COc1ccc(CN(C(=O)CN(Cc2ccccc2)S(C)(=O)=O)C(Cc2ccccc2)C(=O)NCCC(C)C)cc1. The molecule has 3 aromatic rings. The van der Waals surface area contributed by atoms with E-state index in [4.69, 9.17) is 4.74 Å². The van der Waals surface area contributed by atoms with Crippen molar-refractivity contribution in [2.75, 3.05) is 26.5 Å². The van der Waals surface area contributed by atoms with Crippen molar-refractivity contribution >= 4 is 21.8 Å². The molecule has 9 heteroatoms. The predicted octanol–water partition coefficient (Wildman–Crippen LogP) is 4.26. The van der Waals surface area contributed by atoms with Gasteiger partial charge >= 0.3 is 0 Å². The highest BCUT2D eigenvalue weighted by molar-refractivity contribution is 7.88. The first-order valence-electron chi connectivity index (χ1n) is 13.8. The molecule has 3 rings (SSSR count). The van der Waals surface area contributed by atoms with Gasteiger partial charge in [0.25, 0.3) is 0 Å². The number of carbonyl (C=O) groups excluding carboxylic acids is 2. The van der Waals surface area contributed by atoms with E-state index in [1.807, 2.05) is 72.8 Å². The van der Waals surface area contributed by atoms with Crippen LogP contribution in [0.25, 0.3) is 0 Å². The van der Waals surface area contributed by atoms with Crippen LogP contribution >= 0.6 is 0 Å². The molecular weight excluding hydrogens is 538 g/mol. The first kappa shape index (κ1) is 31.8. The second-order valence-electron chi connectivity index (χ2n) is 10.6. The van der Waals surface area contributed by atoms with Crippen molar-refractivity contribution in [3.8, 4) is 5.75 Å². The molecule has 0 aliphatic carbocycles. The standard InChI is InChI=1S/C32H41N3O5S/c1-25(2)19-20-33-32(37)30(21-26-11-7-5-8-12-26)35(23-28-15-17-29(40-3)18-16-28)31(36)24-34(41(4,38)39)22-27-13-9-6-10-14-27/h5-18,25,30H,19-24H2,1-4H3,(H,33,37). The molecule has 1 unspecified atom stereocenters. The number of nitrogens with zero attached hydrogens (tertiary/aromatic N) is 2. The Morgan fingerprint density at radius 1 is 0.829 bits per heavy atom. The molecule has 1 atom stereocenters. The van der Waals surface area contributed by atoms with E-state index < -0.39 is 28.5 Å². The molecular formula is C32H41N3O5S. The molecule has 0 spiro atoms. The largest absolute Gasteiger partial charge is 0.497 e. The van der Waals surface area contributed by atoms with Crippen LogP contribution in [0.3, 0.4) is 0 Å². The molecule has 0 radical (unpaired) electrons. The number of ether oxygens (including phenoxy) is 1. The van der Waals surface area contributed by atoms with Gasteiger partial charge in [0.1, 0.15) is 11.8 Å². The smallest absolute Gasteiger partial charge is 0.243 e. The van der Waals surface area contributed by atoms with Gasteiger partial charge in [0.05, 0.1) is 19.9 Å². The lowest BCUT2D eigenvalue weighted by Gasteiger charge is -2.33. The Balaban J connectivity index is 1.97. The van der Waals surface area contributed by atoms with Gasteiger partial charge in [-0.3, -0.25) is 9.59 Å². The van der Waals surface area contributed by atoms with Crippen LogP contribution in [0.15, 0.2) is 84.9 Å². The highest BCUT2D eigenvalue weighted by atomic mass is 32.2. The van der Waals surface area contributed by atoms with Crippen LogP contribution in [0.5, 0.6) is 5.75 Å². The zero-order valence-corrected chi connectivity index (χ0v) is 25.1. The lowest BCUT2D eigenvalue weighted by molar-refractivity contribution is -0.141. The third-order valence-corrected chi connectivity index (χ3v) is 7.98. The van der Waals surface area contributed by atoms with Crippen LogP contribution in [0.2, 0.25) is 0 Å². The summed E-state index contributed by atoms with van der Waals surface area (Å²) >= 11 is 0. The third-order valence-electron chi connectivity index (χ3n) is 6.79. The van der Waals surface area contributed by atoms with Crippen molar-refractivity contribution in [1.29, 1.82) is 0 Å². The summed E-state index contributed by atoms with van der Waals surface area (Å²) in [5.41, 5.74) is 2.45. The van der Waals surface area contributed by atoms with Crippen LogP contribution < -0.4 is 10.1 Å². The molecule has 2 amide bonds. The van der Waals surface area contributed by atoms with Crippen LogP contribution in [0, 0.1) is 5.92 Å². The molecule has 8 nitrogen and oxygen atoms in total. The molecule has 41 heavy (non-hydrogen) atoms. The van der Waals surface area contributed by atoms with Crippen molar-refractivity contribution in [2.24, 2.45) is 5.92 Å². The van der Waals surface area contributed by atoms with Crippen LogP contribution in [0.1, 0.15) is 37.0 Å². The number of methoxy groups -OCH3 is 1. The van der Waals surface area contributed by atoms with E-state index in [0.29, 0.717) is 18.2 Å². The maximum atomic E-state index is 14.1. The number of nitrogens with one attached hydrogen (secondary N) is 1. The van der Waals surface area contributed by atoms with Gasteiger partial charge in [-0.25, -0.2) is 8.42 Å². The highest BCUT2D eigenvalue weighted by Crippen LogP contribution is 2.19. The summed E-state index contributed by atoms with van der Waals surface area (Å²) < 4.78 is 32.0. The molecule has 0 saturated carbocycles. The van der Waals surface area contributed by atoms with Gasteiger partial charge < -0.3 is 15.0 Å². The molecule has 3 aromatic carbocycles. The lowest BCUT2D eigenvalue weighted by atomic mass is 10.0. The number of hydrogen-bond acceptors (Lipinski definition) is 5. The number of rotatable bonds is 15. The Morgan fingerprint density at radius 3 is 1.93 bits per heavy atom. The van der Waals surface area contributed by atoms with E-state index in [1.54, 1.807) is 19.2 Å². The Kier molecular flexibility index (Phi) is 11.9. The average Bonchev–Trinajstić information content (AvgIpc) is 2.95. The maximum absolute atomic E-state index is 14.1. The minimum atomic E-state index is -3.73. The zero-order chi connectivity index (χ0) is 29.8. The molecule has 0 heterocycles. The average molecular weight is 580 g/mol. The number of sulfonamides is 1. The topological polar surface area (TPSA) is 96.0 Å². The second-order valence-corrected chi connectivity index (χ2v) is 12.5. The molecule has 0 aromatic heterocycles. The summed E-state index contributed by atoms with van der Waals surface area (Å²) in [4.78, 5) is 29.2. The fourth-order valence-corrected chi connectivity index (χ4v) is 5.13. The summed E-state index contributed by atoms with van der Waals surface area (Å²) in [6.45, 7) is 4.43. The molecule has 0 fully saturated rings. The Morgan fingerprint density at radius 2 is 1.39 bits per heavy atom. The summed E-state index contributed by atoms with van der Waals surface area (Å²) in [5, 5.41) is 3.01. The number of carbonyl (C=O) groups is 2. The second kappa shape index (κ2) is 15.3. The fraction of sp³-hybridized carbons (Fsp3) is 0.375. The Bertz CT molecular complexity index is 1350. The number of hydrogen-bond donors (Lipinski definition) is 1. The van der Waals surface area contributed by atoms with E-state index in [0.717, 1.165) is 33.7 Å². The van der Waals surface area contributed by atoms with E-state index in [-0.39, 0.29) is 25.4 Å². The molecule has 220 valence electrons. The van der Waals surface area contributed by atoms with E-state index in [1.165, 1.54) is 4.90 Å². The first-order chi connectivity index (χ1) is 19.6. The van der Waals surface area contributed by atoms with Crippen molar-refractivity contribution < 1.29 is 22.7 Å². The Hall–Kier alpha value is -3.69. The monoisotopic (exact) mass is 579 g/mol. The predicted molar refractivity (Wildman–Crippen MR) is 162 cm³/mol. The van der Waals surface area contributed by atoms with Gasteiger partial charge in [-0.1, -0.05) is 86.6 Å². The zero-order valence-electron chi connectivity index (χ0n) is 24.3. The quantitative estimate of drug-likeness (QED) is 0.290. The summed E-state index contributed by atoms with van der Waals surface area (Å²) in [5.74, 6) is 0.346. The van der Waals surface area contributed by atoms with E-state index in [2.05, 4.69) is 19.2 Å². The third kappa shape index (κ3) is 10.3. The molecule has 1 N–H and O–H groups in total. The summed E-state index contributed by atoms with van der Waals surface area (Å²) in [7, 11) is -2.16. The molecule has 0 bridgehead atoms. The maximum Gasteiger partial charge on any atom is 0.243 e. The highest BCUT2D eigenvalue weighted by Gasteiger charge is 2.32. The van der Waals surface area contributed by atoms with Crippen LogP contribution in [0.4, 0.5) is 0 Å². The van der Waals surface area contributed by atoms with E-state index in [9.17, 15) is 18.0 Å². The molecule has 0 aliphatic heterocycles. The van der Waals surface area contributed by atoms with Crippen molar-refractivity contribution in [1.82, 2.24) is 14.5 Å². The van der Waals surface area contributed by atoms with Crippen LogP contribution in [-0.2, 0) is 39.1 Å². The van der Waals surface area contributed by atoms with Gasteiger partial charge in [0.2, 0.25) is 21.8 Å². The number of amides is 2. The van der Waals surface area contributed by atoms with Gasteiger partial charge in [0.15, 0.2) is 0 Å². The molecule has 0 saturated heterocycles. The van der Waals surface area contributed by atoms with Gasteiger partial charge in [-0.2, -0.15) is 4.31 Å². The Labute approximate surface area is 244 Å². The van der Waals surface area contributed by atoms with Crippen LogP contribution in [-0.4, -0.2) is 61.9 Å². The molecule has 0 aliphatic rings. The van der Waals surface area contributed by atoms with E-state index >= 15 is 0 Å². The van der Waals surface area contributed by atoms with Crippen molar-refractivity contribution in [3.05, 3.63) is 102 Å². The summed E-state index contributed by atoms with van der Waals surface area (Å²) in [6.07, 6.45) is 2.18. The number of benzene rings is 3. The minimum absolute atomic E-state index is 0.0473. The van der Waals surface area contributed by atoms with Gasteiger partial charge in [-0.05, 0) is 41.2 Å². The first-order valence-corrected chi connectivity index (χ1v) is 15.6. The van der Waals surface area contributed by atoms with Gasteiger partial charge in [0, 0.05) is 26.1 Å². The van der Waals surface area contributed by atoms with Crippen molar-refractivity contribution in [3.63, 3.8) is 0 Å². The lowest BCUT2D eigenvalue weighted by Crippen LogP contribution is -2.53. The van der Waals surface area contributed by atoms with Crippen molar-refractivity contribution in [2.45, 2.75) is 45.8 Å². The normalized spacial score (nSPS) is 12.2.